The fourth-order valence-corrected chi connectivity index (χ4v) is 6.06. The van der Waals surface area contributed by atoms with Crippen LogP contribution in [0.15, 0.2) is 40.9 Å². The number of hydrogen-bond donors (Lipinski definition) is 0. The number of hydrogen-bond acceptors (Lipinski definition) is 8. The Bertz CT molecular complexity index is 1310. The first-order valence-corrected chi connectivity index (χ1v) is 14.5. The average Bonchev–Trinajstić information content (AvgIpc) is 3.23. The summed E-state index contributed by atoms with van der Waals surface area (Å²) in [6.07, 6.45) is 4.22. The number of carbonyl (C=O) groups excluding carboxylic acids is 1. The van der Waals surface area contributed by atoms with Crippen molar-refractivity contribution in [3.63, 3.8) is 0 Å². The van der Waals surface area contributed by atoms with Crippen LogP contribution in [0.4, 0.5) is 10.6 Å². The summed E-state index contributed by atoms with van der Waals surface area (Å²) in [5, 5.41) is 2.05. The van der Waals surface area contributed by atoms with Crippen LogP contribution >= 0.6 is 11.3 Å². The van der Waals surface area contributed by atoms with E-state index >= 15 is 0 Å². The Morgan fingerprint density at radius 2 is 1.83 bits per heavy atom. The highest BCUT2D eigenvalue weighted by molar-refractivity contribution is 7.90. The number of anilines is 1. The molecule has 1 aromatic carbocycles. The first-order valence-electron chi connectivity index (χ1n) is 11.7. The van der Waals surface area contributed by atoms with E-state index in [1.807, 2.05) is 32.9 Å². The lowest BCUT2D eigenvalue weighted by Crippen LogP contribution is -2.48. The van der Waals surface area contributed by atoms with Gasteiger partial charge in [-0.2, -0.15) is 0 Å². The maximum atomic E-state index is 12.5. The van der Waals surface area contributed by atoms with Gasteiger partial charge >= 0.3 is 6.09 Å². The number of likely N-dealkylation sites (tertiary alicyclic amines) is 1. The minimum absolute atomic E-state index is 0.256. The van der Waals surface area contributed by atoms with Gasteiger partial charge in [0.2, 0.25) is 0 Å². The van der Waals surface area contributed by atoms with Gasteiger partial charge in [-0.3, -0.25) is 0 Å². The predicted molar refractivity (Wildman–Crippen MR) is 140 cm³/mol. The van der Waals surface area contributed by atoms with Crippen LogP contribution in [0.3, 0.4) is 0 Å². The molecule has 4 rings (SSSR count). The van der Waals surface area contributed by atoms with E-state index in [2.05, 4.69) is 27.2 Å². The zero-order valence-corrected chi connectivity index (χ0v) is 22.4. The Kier molecular flexibility index (Phi) is 7.06. The Balaban J connectivity index is 1.56. The SMILES string of the molecule is CCN(c1ncnc2c(-c3ccc(S(C)(=O)=O)cc3)csc12)C1CCN(C(=O)OC(C)(C)C)CC1. The Hall–Kier alpha value is -2.72. The van der Waals surface area contributed by atoms with Gasteiger partial charge in [0.25, 0.3) is 0 Å². The number of ether oxygens (including phenoxy) is 1. The lowest BCUT2D eigenvalue weighted by Gasteiger charge is -2.39. The molecule has 188 valence electrons. The molecule has 0 spiro atoms. The smallest absolute Gasteiger partial charge is 0.410 e. The summed E-state index contributed by atoms with van der Waals surface area (Å²) in [7, 11) is -3.25. The molecule has 0 bridgehead atoms. The van der Waals surface area contributed by atoms with Crippen LogP contribution in [-0.2, 0) is 14.6 Å². The topological polar surface area (TPSA) is 92.7 Å². The van der Waals surface area contributed by atoms with E-state index < -0.39 is 15.4 Å². The van der Waals surface area contributed by atoms with Gasteiger partial charge in [-0.1, -0.05) is 12.1 Å². The van der Waals surface area contributed by atoms with Gasteiger partial charge in [-0.25, -0.2) is 23.2 Å². The molecule has 1 fully saturated rings. The molecule has 35 heavy (non-hydrogen) atoms. The molecule has 0 N–H and O–H groups in total. The second kappa shape index (κ2) is 9.73. The molecule has 2 aromatic heterocycles. The van der Waals surface area contributed by atoms with E-state index in [4.69, 9.17) is 4.74 Å². The number of piperidine rings is 1. The van der Waals surface area contributed by atoms with Gasteiger partial charge in [0.1, 0.15) is 17.7 Å². The number of nitrogens with zero attached hydrogens (tertiary/aromatic N) is 4. The lowest BCUT2D eigenvalue weighted by atomic mass is 10.0. The quantitative estimate of drug-likeness (QED) is 0.472. The van der Waals surface area contributed by atoms with Crippen LogP contribution in [0.25, 0.3) is 21.3 Å². The largest absolute Gasteiger partial charge is 0.444 e. The van der Waals surface area contributed by atoms with Crippen LogP contribution in [0.1, 0.15) is 40.5 Å². The number of carbonyl (C=O) groups is 1. The molecule has 8 nitrogen and oxygen atoms in total. The number of fused-ring (bicyclic) bond motifs is 1. The zero-order chi connectivity index (χ0) is 25.4. The molecular formula is C25H32N4O4S2. The molecule has 1 aliphatic heterocycles. The first kappa shape index (κ1) is 25.4. The second-order valence-electron chi connectivity index (χ2n) is 9.81. The van der Waals surface area contributed by atoms with Crippen molar-refractivity contribution >= 4 is 43.3 Å². The number of rotatable bonds is 5. The summed E-state index contributed by atoms with van der Waals surface area (Å²) in [5.41, 5.74) is 2.24. The number of sulfone groups is 1. The summed E-state index contributed by atoms with van der Waals surface area (Å²) in [4.78, 5) is 26.1. The number of benzene rings is 1. The van der Waals surface area contributed by atoms with Crippen molar-refractivity contribution in [2.45, 2.75) is 57.1 Å². The Morgan fingerprint density at radius 3 is 2.40 bits per heavy atom. The molecule has 1 aliphatic rings. The van der Waals surface area contributed by atoms with E-state index in [-0.39, 0.29) is 12.1 Å². The van der Waals surface area contributed by atoms with Gasteiger partial charge in [0.15, 0.2) is 9.84 Å². The van der Waals surface area contributed by atoms with Crippen molar-refractivity contribution in [3.8, 4) is 11.1 Å². The molecule has 10 heteroatoms. The van der Waals surface area contributed by atoms with Crippen molar-refractivity contribution in [3.05, 3.63) is 36.0 Å². The molecule has 1 saturated heterocycles. The maximum Gasteiger partial charge on any atom is 0.410 e. The minimum Gasteiger partial charge on any atom is -0.444 e. The van der Waals surface area contributed by atoms with Crippen LogP contribution in [0.2, 0.25) is 0 Å². The third-order valence-electron chi connectivity index (χ3n) is 6.10. The summed E-state index contributed by atoms with van der Waals surface area (Å²) in [5.74, 6) is 0.900. The molecule has 3 heterocycles. The van der Waals surface area contributed by atoms with Crippen LogP contribution in [0.5, 0.6) is 0 Å². The van der Waals surface area contributed by atoms with Crippen molar-refractivity contribution < 1.29 is 17.9 Å². The third kappa shape index (κ3) is 5.59. The summed E-state index contributed by atoms with van der Waals surface area (Å²) >= 11 is 1.60. The fraction of sp³-hybridized carbons (Fsp3) is 0.480. The molecule has 0 saturated carbocycles. The van der Waals surface area contributed by atoms with E-state index in [0.717, 1.165) is 46.5 Å². The number of amides is 1. The highest BCUT2D eigenvalue weighted by Crippen LogP contribution is 2.38. The van der Waals surface area contributed by atoms with Crippen LogP contribution < -0.4 is 4.90 Å². The minimum atomic E-state index is -3.25. The Morgan fingerprint density at radius 1 is 1.17 bits per heavy atom. The van der Waals surface area contributed by atoms with Crippen LogP contribution in [0, 0.1) is 0 Å². The third-order valence-corrected chi connectivity index (χ3v) is 8.19. The van der Waals surface area contributed by atoms with Gasteiger partial charge in [0, 0.05) is 42.9 Å². The van der Waals surface area contributed by atoms with Gasteiger partial charge in [0.05, 0.1) is 15.1 Å². The average molecular weight is 517 g/mol. The van der Waals surface area contributed by atoms with Crippen molar-refractivity contribution in [2.24, 2.45) is 0 Å². The number of aromatic nitrogens is 2. The fourth-order valence-electron chi connectivity index (χ4n) is 4.40. The summed E-state index contributed by atoms with van der Waals surface area (Å²) < 4.78 is 30.2. The predicted octanol–water partition coefficient (Wildman–Crippen LogP) is 4.99. The molecule has 1 amide bonds. The van der Waals surface area contributed by atoms with Gasteiger partial charge < -0.3 is 14.5 Å². The molecule has 3 aromatic rings. The summed E-state index contributed by atoms with van der Waals surface area (Å²) in [6.45, 7) is 9.84. The standard InChI is InChI=1S/C25H32N4O4S2/c1-6-29(18-11-13-28(14-12-18)24(30)33-25(2,3)4)23-22-21(26-16-27-23)20(15-34-22)17-7-9-19(10-8-17)35(5,31)32/h7-10,15-16,18H,6,11-14H2,1-5H3. The van der Waals surface area contributed by atoms with E-state index in [0.29, 0.717) is 18.0 Å². The van der Waals surface area contributed by atoms with Crippen molar-refractivity contribution in [2.75, 3.05) is 30.8 Å². The monoisotopic (exact) mass is 516 g/mol. The molecule has 0 radical (unpaired) electrons. The van der Waals surface area contributed by atoms with E-state index in [9.17, 15) is 13.2 Å². The molecule has 0 aliphatic carbocycles. The van der Waals surface area contributed by atoms with Crippen molar-refractivity contribution in [1.29, 1.82) is 0 Å². The highest BCUT2D eigenvalue weighted by atomic mass is 32.2. The lowest BCUT2D eigenvalue weighted by molar-refractivity contribution is 0.0205. The number of thiophene rings is 1. The molecule has 0 atom stereocenters. The molecule has 0 unspecified atom stereocenters. The maximum absolute atomic E-state index is 12.5. The van der Waals surface area contributed by atoms with Gasteiger partial charge in [-0.05, 0) is 58.2 Å². The van der Waals surface area contributed by atoms with E-state index in [1.54, 1.807) is 34.7 Å². The summed E-state index contributed by atoms with van der Waals surface area (Å²) in [6, 6.07) is 7.17. The van der Waals surface area contributed by atoms with Crippen molar-refractivity contribution in [1.82, 2.24) is 14.9 Å². The second-order valence-corrected chi connectivity index (χ2v) is 12.7. The van der Waals surface area contributed by atoms with Crippen LogP contribution in [-0.4, -0.2) is 66.9 Å². The van der Waals surface area contributed by atoms with Gasteiger partial charge in [-0.15, -0.1) is 11.3 Å². The normalized spacial score (nSPS) is 15.4. The highest BCUT2D eigenvalue weighted by Gasteiger charge is 2.30. The zero-order valence-electron chi connectivity index (χ0n) is 20.8. The van der Waals surface area contributed by atoms with E-state index in [1.165, 1.54) is 6.26 Å². The first-order chi connectivity index (χ1) is 16.5. The molecular weight excluding hydrogens is 484 g/mol. The Labute approximate surface area is 210 Å².